The number of hydrogen-bond donors (Lipinski definition) is 1. The zero-order valence-electron chi connectivity index (χ0n) is 19.5. The second-order valence-corrected chi connectivity index (χ2v) is 7.42. The number of esters is 1. The second-order valence-electron chi connectivity index (χ2n) is 7.42. The van der Waals surface area contributed by atoms with Gasteiger partial charge in [-0.1, -0.05) is 18.2 Å². The highest BCUT2D eigenvalue weighted by Gasteiger charge is 2.28. The minimum absolute atomic E-state index is 0. The van der Waals surface area contributed by atoms with Gasteiger partial charge in [-0.15, -0.1) is 24.0 Å². The molecule has 0 bridgehead atoms. The number of aliphatic imine (C=N–C) groups is 1. The first kappa shape index (κ1) is 26.7. The predicted molar refractivity (Wildman–Crippen MR) is 138 cm³/mol. The summed E-state index contributed by atoms with van der Waals surface area (Å²) >= 11 is 0. The Kier molecular flexibility index (Phi) is 11.2. The highest BCUT2D eigenvalue weighted by atomic mass is 127. The number of guanidine groups is 1. The van der Waals surface area contributed by atoms with Crippen molar-refractivity contribution in [1.82, 2.24) is 15.2 Å². The molecule has 2 heterocycles. The topological polar surface area (TPSA) is 85.3 Å². The molecule has 1 aromatic heterocycles. The lowest BCUT2D eigenvalue weighted by Gasteiger charge is -2.33. The maximum absolute atomic E-state index is 12.1. The first-order valence-corrected chi connectivity index (χ1v) is 11.1. The van der Waals surface area contributed by atoms with E-state index in [0.29, 0.717) is 43.7 Å². The van der Waals surface area contributed by atoms with Crippen molar-refractivity contribution < 1.29 is 19.0 Å². The molecule has 1 N–H and O–H groups in total. The van der Waals surface area contributed by atoms with E-state index in [1.54, 1.807) is 13.2 Å². The van der Waals surface area contributed by atoms with Crippen molar-refractivity contribution in [2.75, 3.05) is 33.4 Å². The van der Waals surface area contributed by atoms with Gasteiger partial charge in [-0.25, -0.2) is 4.98 Å². The van der Waals surface area contributed by atoms with E-state index >= 15 is 0 Å². The van der Waals surface area contributed by atoms with Crippen LogP contribution >= 0.6 is 24.0 Å². The molecule has 1 aromatic carbocycles. The molecule has 2 aromatic rings. The van der Waals surface area contributed by atoms with Crippen LogP contribution in [0, 0.1) is 5.92 Å². The van der Waals surface area contributed by atoms with Crippen molar-refractivity contribution in [2.45, 2.75) is 33.2 Å². The lowest BCUT2D eigenvalue weighted by Crippen LogP contribution is -2.48. The molecule has 1 aliphatic rings. The first-order chi connectivity index (χ1) is 15.6. The summed E-state index contributed by atoms with van der Waals surface area (Å²) in [5, 5.41) is 3.36. The number of pyridine rings is 1. The quantitative estimate of drug-likeness (QED) is 0.221. The fraction of sp³-hybridized carbons (Fsp3) is 0.458. The molecule has 0 saturated carbocycles. The van der Waals surface area contributed by atoms with Crippen molar-refractivity contribution in [2.24, 2.45) is 10.9 Å². The molecule has 0 radical (unpaired) electrons. The Hall–Kier alpha value is -2.56. The average Bonchev–Trinajstić information content (AvgIpc) is 2.82. The van der Waals surface area contributed by atoms with E-state index in [2.05, 4.69) is 20.2 Å². The lowest BCUT2D eigenvalue weighted by molar-refractivity contribution is -0.149. The first-order valence-electron chi connectivity index (χ1n) is 11.1. The number of hydrogen-bond acceptors (Lipinski definition) is 6. The van der Waals surface area contributed by atoms with E-state index in [1.165, 1.54) is 0 Å². The maximum Gasteiger partial charge on any atom is 0.310 e. The summed E-state index contributed by atoms with van der Waals surface area (Å²) < 4.78 is 16.7. The highest BCUT2D eigenvalue weighted by Crippen LogP contribution is 2.30. The Morgan fingerprint density at radius 2 is 1.97 bits per heavy atom. The molecule has 8 nitrogen and oxygen atoms in total. The Labute approximate surface area is 212 Å². The van der Waals surface area contributed by atoms with Gasteiger partial charge in [0.2, 0.25) is 5.88 Å². The van der Waals surface area contributed by atoms with Crippen LogP contribution in [0.4, 0.5) is 0 Å². The average molecular weight is 568 g/mol. The number of piperidine rings is 1. The summed E-state index contributed by atoms with van der Waals surface area (Å²) in [6.45, 7) is 6.79. The van der Waals surface area contributed by atoms with Gasteiger partial charge < -0.3 is 24.4 Å². The number of para-hydroxylation sites is 2. The number of carbonyl (C=O) groups excluding carboxylic acids is 1. The van der Waals surface area contributed by atoms with E-state index < -0.39 is 0 Å². The molecule has 9 heteroatoms. The minimum atomic E-state index is -0.127. The normalized spacial score (nSPS) is 15.9. The standard InChI is InChI=1S/C24H32N4O4.HI/c1-4-30-20-10-6-7-11-21(20)32-22-13-12-18(15-26-22)16-27-24(25-3)28-14-8-9-19(17-28)23(29)31-5-2;/h6-7,10-13,15,19H,4-5,8-9,14,16-17H2,1-3H3,(H,25,27);1H. The van der Waals surface area contributed by atoms with Crippen molar-refractivity contribution in [3.63, 3.8) is 0 Å². The fourth-order valence-electron chi connectivity index (χ4n) is 3.63. The van der Waals surface area contributed by atoms with Crippen LogP contribution in [0.25, 0.3) is 0 Å². The van der Waals surface area contributed by atoms with Gasteiger partial charge in [0, 0.05) is 38.9 Å². The molecule has 1 aliphatic heterocycles. The minimum Gasteiger partial charge on any atom is -0.490 e. The number of aromatic nitrogens is 1. The summed E-state index contributed by atoms with van der Waals surface area (Å²) in [5.74, 6) is 2.35. The number of benzene rings is 1. The van der Waals surface area contributed by atoms with E-state index in [9.17, 15) is 4.79 Å². The zero-order chi connectivity index (χ0) is 22.8. The van der Waals surface area contributed by atoms with E-state index in [-0.39, 0.29) is 35.9 Å². The SMILES string of the molecule is CCOC(=O)C1CCCN(C(=NC)NCc2ccc(Oc3ccccc3OCC)nc2)C1.I. The van der Waals surface area contributed by atoms with Crippen molar-refractivity contribution in [1.29, 1.82) is 0 Å². The van der Waals surface area contributed by atoms with Gasteiger partial charge in [0.15, 0.2) is 17.5 Å². The highest BCUT2D eigenvalue weighted by molar-refractivity contribution is 14.0. The van der Waals surface area contributed by atoms with Gasteiger partial charge in [0.05, 0.1) is 19.1 Å². The number of nitrogens with zero attached hydrogens (tertiary/aromatic N) is 3. The summed E-state index contributed by atoms with van der Waals surface area (Å²) in [7, 11) is 1.75. The number of nitrogens with one attached hydrogen (secondary N) is 1. The molecule has 0 spiro atoms. The van der Waals surface area contributed by atoms with Crippen LogP contribution in [0.2, 0.25) is 0 Å². The van der Waals surface area contributed by atoms with Crippen LogP contribution in [-0.4, -0.2) is 55.2 Å². The van der Waals surface area contributed by atoms with Crippen molar-refractivity contribution >= 4 is 35.9 Å². The summed E-state index contributed by atoms with van der Waals surface area (Å²) in [6, 6.07) is 11.3. The summed E-state index contributed by atoms with van der Waals surface area (Å²) in [6.07, 6.45) is 3.56. The number of rotatable bonds is 8. The van der Waals surface area contributed by atoms with E-state index in [1.807, 2.05) is 50.2 Å². The van der Waals surface area contributed by atoms with Crippen LogP contribution in [0.5, 0.6) is 17.4 Å². The van der Waals surface area contributed by atoms with Crippen molar-refractivity contribution in [3.05, 3.63) is 48.2 Å². The number of likely N-dealkylation sites (tertiary alicyclic amines) is 1. The lowest BCUT2D eigenvalue weighted by atomic mass is 9.98. The Morgan fingerprint density at radius 1 is 1.18 bits per heavy atom. The largest absolute Gasteiger partial charge is 0.490 e. The van der Waals surface area contributed by atoms with Crippen LogP contribution in [0.15, 0.2) is 47.6 Å². The molecule has 33 heavy (non-hydrogen) atoms. The molecular weight excluding hydrogens is 535 g/mol. The van der Waals surface area contributed by atoms with Crippen LogP contribution in [0.1, 0.15) is 32.3 Å². The summed E-state index contributed by atoms with van der Waals surface area (Å²) in [4.78, 5) is 23.0. The Morgan fingerprint density at radius 3 is 2.64 bits per heavy atom. The molecule has 1 saturated heterocycles. The smallest absolute Gasteiger partial charge is 0.310 e. The van der Waals surface area contributed by atoms with Crippen LogP contribution < -0.4 is 14.8 Å². The Bertz CT molecular complexity index is 908. The fourth-order valence-corrected chi connectivity index (χ4v) is 3.63. The van der Waals surface area contributed by atoms with Gasteiger partial charge in [-0.3, -0.25) is 9.79 Å². The molecular formula is C24H33IN4O4. The van der Waals surface area contributed by atoms with Crippen LogP contribution in [0.3, 0.4) is 0 Å². The Balaban J connectivity index is 0.00000385. The molecule has 180 valence electrons. The second kappa shape index (κ2) is 13.9. The van der Waals surface area contributed by atoms with Gasteiger partial charge in [-0.2, -0.15) is 0 Å². The van der Waals surface area contributed by atoms with Crippen molar-refractivity contribution in [3.8, 4) is 17.4 Å². The third-order valence-electron chi connectivity index (χ3n) is 5.16. The molecule has 0 aliphatic carbocycles. The van der Waals surface area contributed by atoms with E-state index in [4.69, 9.17) is 14.2 Å². The zero-order valence-corrected chi connectivity index (χ0v) is 21.8. The van der Waals surface area contributed by atoms with Gasteiger partial charge in [0.1, 0.15) is 0 Å². The van der Waals surface area contributed by atoms with Gasteiger partial charge in [0.25, 0.3) is 0 Å². The maximum atomic E-state index is 12.1. The van der Waals surface area contributed by atoms with Gasteiger partial charge in [-0.05, 0) is 44.4 Å². The summed E-state index contributed by atoms with van der Waals surface area (Å²) in [5.41, 5.74) is 0.996. The third-order valence-corrected chi connectivity index (χ3v) is 5.16. The van der Waals surface area contributed by atoms with E-state index in [0.717, 1.165) is 30.9 Å². The number of carbonyl (C=O) groups is 1. The number of ether oxygens (including phenoxy) is 3. The number of halogens is 1. The molecule has 3 rings (SSSR count). The third kappa shape index (κ3) is 7.76. The monoisotopic (exact) mass is 568 g/mol. The molecule has 1 unspecified atom stereocenters. The predicted octanol–water partition coefficient (Wildman–Crippen LogP) is 4.24. The van der Waals surface area contributed by atoms with Gasteiger partial charge >= 0.3 is 5.97 Å². The molecule has 0 amide bonds. The van der Waals surface area contributed by atoms with Crippen LogP contribution in [-0.2, 0) is 16.1 Å². The molecule has 1 fully saturated rings. The molecule has 1 atom stereocenters.